The normalized spacial score (nSPS) is 11.2. The van der Waals surface area contributed by atoms with E-state index in [-0.39, 0.29) is 0 Å². The molecule has 0 atom stereocenters. The number of likely N-dealkylation sites (N-methyl/N-ethyl adjacent to an activating group) is 1. The fourth-order valence-electron chi connectivity index (χ4n) is 2.22. The van der Waals surface area contributed by atoms with Gasteiger partial charge in [-0.3, -0.25) is 4.98 Å². The van der Waals surface area contributed by atoms with Crippen molar-refractivity contribution in [1.82, 2.24) is 9.88 Å². The summed E-state index contributed by atoms with van der Waals surface area (Å²) in [5.41, 5.74) is 1.40. The Balaban J connectivity index is 2.19. The summed E-state index contributed by atoms with van der Waals surface area (Å²) in [6, 6.07) is 7.17. The van der Waals surface area contributed by atoms with Crippen molar-refractivity contribution in [2.75, 3.05) is 31.2 Å². The Morgan fingerprint density at radius 3 is 2.60 bits per heavy atom. The highest BCUT2D eigenvalue weighted by Crippen LogP contribution is 2.26. The van der Waals surface area contributed by atoms with E-state index in [1.54, 1.807) is 24.4 Å². The molecule has 0 fully saturated rings. The van der Waals surface area contributed by atoms with Gasteiger partial charge in [-0.05, 0) is 37.4 Å². The van der Waals surface area contributed by atoms with Crippen LogP contribution in [0.3, 0.4) is 0 Å². The zero-order valence-electron chi connectivity index (χ0n) is 11.8. The van der Waals surface area contributed by atoms with E-state index in [0.717, 1.165) is 35.6 Å². The highest BCUT2D eigenvalue weighted by Gasteiger charge is 2.05. The number of benzene rings is 1. The number of fused-ring (bicyclic) bond motifs is 1. The van der Waals surface area contributed by atoms with Gasteiger partial charge in [0.25, 0.3) is 0 Å². The number of nitrogens with zero attached hydrogens (tertiary/aromatic N) is 3. The van der Waals surface area contributed by atoms with Crippen LogP contribution < -0.4 is 5.06 Å². The fraction of sp³-hybridized carbons (Fsp3) is 0.400. The lowest BCUT2D eigenvalue weighted by Crippen LogP contribution is -2.32. The first-order valence-corrected chi connectivity index (χ1v) is 7.24. The molecular formula is C15H19ClN3O-. The highest BCUT2D eigenvalue weighted by molar-refractivity contribution is 6.31. The third kappa shape index (κ3) is 3.39. The summed E-state index contributed by atoms with van der Waals surface area (Å²) in [5, 5.41) is 14.8. The molecule has 1 heterocycles. The van der Waals surface area contributed by atoms with Crippen LogP contribution >= 0.6 is 11.6 Å². The van der Waals surface area contributed by atoms with E-state index >= 15 is 0 Å². The standard InChI is InChI=1S/C15H19ClN3O/c1-3-18(4-2)9-10-19(20)15-7-8-17-14-11-12(16)5-6-13(14)15/h5-8,11H,3-4,9-10H2,1-2H3/q-1. The van der Waals surface area contributed by atoms with Crippen LogP contribution in [-0.4, -0.2) is 36.1 Å². The zero-order valence-corrected chi connectivity index (χ0v) is 12.6. The Kier molecular flexibility index (Phi) is 5.17. The molecule has 0 aliphatic rings. The molecule has 0 aliphatic carbocycles. The molecule has 108 valence electrons. The monoisotopic (exact) mass is 292 g/mol. The summed E-state index contributed by atoms with van der Waals surface area (Å²) >= 11 is 5.95. The molecule has 0 aliphatic heterocycles. The van der Waals surface area contributed by atoms with Gasteiger partial charge in [0.1, 0.15) is 0 Å². The Morgan fingerprint density at radius 2 is 1.90 bits per heavy atom. The molecule has 1 aromatic carbocycles. The molecule has 0 saturated carbocycles. The molecule has 1 aromatic heterocycles. The van der Waals surface area contributed by atoms with E-state index in [4.69, 9.17) is 11.6 Å². The SMILES string of the molecule is CCN(CC)CCN([O-])c1ccnc2cc(Cl)ccc12. The van der Waals surface area contributed by atoms with Crippen LogP contribution in [0.4, 0.5) is 5.69 Å². The molecule has 0 spiro atoms. The van der Waals surface area contributed by atoms with Crippen molar-refractivity contribution in [2.24, 2.45) is 0 Å². The number of rotatable bonds is 6. The molecule has 0 saturated heterocycles. The number of aromatic nitrogens is 1. The predicted octanol–water partition coefficient (Wildman–Crippen LogP) is 3.53. The zero-order chi connectivity index (χ0) is 14.5. The summed E-state index contributed by atoms with van der Waals surface area (Å²) in [6.45, 7) is 7.32. The Labute approximate surface area is 124 Å². The van der Waals surface area contributed by atoms with Gasteiger partial charge < -0.3 is 15.2 Å². The van der Waals surface area contributed by atoms with Gasteiger partial charge in [0.2, 0.25) is 0 Å². The van der Waals surface area contributed by atoms with E-state index in [2.05, 4.69) is 23.7 Å². The smallest absolute Gasteiger partial charge is 0.0737 e. The first-order valence-electron chi connectivity index (χ1n) is 6.87. The lowest BCUT2D eigenvalue weighted by molar-refractivity contribution is 0.312. The van der Waals surface area contributed by atoms with Crippen LogP contribution in [0.1, 0.15) is 13.8 Å². The summed E-state index contributed by atoms with van der Waals surface area (Å²) < 4.78 is 0. The largest absolute Gasteiger partial charge is 0.758 e. The maximum Gasteiger partial charge on any atom is 0.0737 e. The number of hydroxylamine groups is 1. The molecule has 4 nitrogen and oxygen atoms in total. The maximum atomic E-state index is 12.3. The molecule has 0 unspecified atom stereocenters. The Hall–Kier alpha value is -1.36. The van der Waals surface area contributed by atoms with Crippen LogP contribution in [-0.2, 0) is 0 Å². The van der Waals surface area contributed by atoms with Crippen molar-refractivity contribution >= 4 is 28.2 Å². The second-order valence-electron chi connectivity index (χ2n) is 4.62. The van der Waals surface area contributed by atoms with Gasteiger partial charge in [0.05, 0.1) is 5.52 Å². The number of hydrogen-bond acceptors (Lipinski definition) is 4. The van der Waals surface area contributed by atoms with Crippen LogP contribution in [0.2, 0.25) is 5.02 Å². The van der Waals surface area contributed by atoms with Crippen molar-refractivity contribution < 1.29 is 0 Å². The number of halogens is 1. The Bertz CT molecular complexity index is 572. The van der Waals surface area contributed by atoms with Gasteiger partial charge in [0.15, 0.2) is 0 Å². The molecular weight excluding hydrogens is 274 g/mol. The second-order valence-corrected chi connectivity index (χ2v) is 5.06. The molecule has 0 N–H and O–H groups in total. The number of hydrogen-bond donors (Lipinski definition) is 0. The van der Waals surface area contributed by atoms with Crippen LogP contribution in [0.15, 0.2) is 30.5 Å². The first kappa shape index (κ1) is 15.0. The first-order chi connectivity index (χ1) is 9.65. The fourth-order valence-corrected chi connectivity index (χ4v) is 2.38. The van der Waals surface area contributed by atoms with Gasteiger partial charge in [-0.1, -0.05) is 25.4 Å². The van der Waals surface area contributed by atoms with Crippen molar-refractivity contribution in [1.29, 1.82) is 0 Å². The molecule has 20 heavy (non-hydrogen) atoms. The summed E-state index contributed by atoms with van der Waals surface area (Å²) in [6.07, 6.45) is 1.65. The van der Waals surface area contributed by atoms with Crippen LogP contribution in [0.25, 0.3) is 10.9 Å². The molecule has 5 heteroatoms. The average Bonchev–Trinajstić information content (AvgIpc) is 2.47. The summed E-state index contributed by atoms with van der Waals surface area (Å²) in [7, 11) is 0. The van der Waals surface area contributed by atoms with Crippen molar-refractivity contribution in [3.05, 3.63) is 40.7 Å². The van der Waals surface area contributed by atoms with Gasteiger partial charge in [-0.2, -0.15) is 0 Å². The van der Waals surface area contributed by atoms with Gasteiger partial charge in [0, 0.05) is 35.4 Å². The van der Waals surface area contributed by atoms with Gasteiger partial charge in [-0.25, -0.2) is 0 Å². The Morgan fingerprint density at radius 1 is 1.15 bits per heavy atom. The topological polar surface area (TPSA) is 42.4 Å². The number of pyridine rings is 1. The van der Waals surface area contributed by atoms with E-state index < -0.39 is 0 Å². The van der Waals surface area contributed by atoms with Gasteiger partial charge in [-0.15, -0.1) is 0 Å². The maximum absolute atomic E-state index is 12.3. The molecule has 0 amide bonds. The quantitative estimate of drug-likeness (QED) is 0.764. The van der Waals surface area contributed by atoms with Gasteiger partial charge >= 0.3 is 0 Å². The van der Waals surface area contributed by atoms with Crippen molar-refractivity contribution in [2.45, 2.75) is 13.8 Å². The third-order valence-electron chi connectivity index (χ3n) is 3.46. The van der Waals surface area contributed by atoms with Crippen LogP contribution in [0, 0.1) is 5.21 Å². The van der Waals surface area contributed by atoms with E-state index in [0.29, 0.717) is 17.3 Å². The van der Waals surface area contributed by atoms with E-state index in [1.165, 1.54) is 0 Å². The van der Waals surface area contributed by atoms with Crippen molar-refractivity contribution in [3.63, 3.8) is 0 Å². The number of anilines is 1. The lowest BCUT2D eigenvalue weighted by atomic mass is 10.2. The summed E-state index contributed by atoms with van der Waals surface area (Å²) in [4.78, 5) is 6.48. The second kappa shape index (κ2) is 6.88. The van der Waals surface area contributed by atoms with E-state index in [9.17, 15) is 5.21 Å². The molecule has 2 rings (SSSR count). The third-order valence-corrected chi connectivity index (χ3v) is 3.70. The van der Waals surface area contributed by atoms with E-state index in [1.807, 2.05) is 6.07 Å². The van der Waals surface area contributed by atoms with Crippen molar-refractivity contribution in [3.8, 4) is 0 Å². The minimum Gasteiger partial charge on any atom is -0.758 e. The summed E-state index contributed by atoms with van der Waals surface area (Å²) in [5.74, 6) is 0. The minimum absolute atomic E-state index is 0.448. The molecule has 0 bridgehead atoms. The average molecular weight is 293 g/mol. The van der Waals surface area contributed by atoms with Crippen LogP contribution in [0.5, 0.6) is 0 Å². The molecule has 2 aromatic rings. The predicted molar refractivity (Wildman–Crippen MR) is 85.3 cm³/mol. The minimum atomic E-state index is 0.448. The molecule has 0 radical (unpaired) electrons. The lowest BCUT2D eigenvalue weighted by Gasteiger charge is -2.33. The highest BCUT2D eigenvalue weighted by atomic mass is 35.5.